The van der Waals surface area contributed by atoms with Gasteiger partial charge in [0.15, 0.2) is 0 Å². The third kappa shape index (κ3) is 3.65. The zero-order valence-corrected chi connectivity index (χ0v) is 15.3. The molecule has 7 heteroatoms. The van der Waals surface area contributed by atoms with E-state index < -0.39 is 0 Å². The number of imidazole rings is 1. The van der Waals surface area contributed by atoms with Gasteiger partial charge < -0.3 is 15.0 Å². The number of H-pyrrole nitrogens is 1. The second-order valence-electron chi connectivity index (χ2n) is 7.46. The lowest BCUT2D eigenvalue weighted by atomic mass is 9.99. The lowest BCUT2D eigenvalue weighted by Crippen LogP contribution is -2.44. The van der Waals surface area contributed by atoms with Crippen molar-refractivity contribution in [3.63, 3.8) is 0 Å². The van der Waals surface area contributed by atoms with Gasteiger partial charge in [-0.1, -0.05) is 12.1 Å². The van der Waals surface area contributed by atoms with E-state index in [9.17, 15) is 0 Å². The van der Waals surface area contributed by atoms with E-state index in [0.717, 1.165) is 68.0 Å². The molecule has 0 amide bonds. The number of hydrogen-bond acceptors (Lipinski definition) is 6. The van der Waals surface area contributed by atoms with Gasteiger partial charge in [-0.3, -0.25) is 4.90 Å². The molecule has 0 spiro atoms. The first-order valence-corrected chi connectivity index (χ1v) is 9.67. The third-order valence-electron chi connectivity index (χ3n) is 5.37. The van der Waals surface area contributed by atoms with Crippen LogP contribution >= 0.6 is 0 Å². The Morgan fingerprint density at radius 1 is 1.19 bits per heavy atom. The van der Waals surface area contributed by atoms with Crippen LogP contribution in [0.3, 0.4) is 0 Å². The number of para-hydroxylation sites is 2. The largest absolute Gasteiger partial charge is 0.376 e. The summed E-state index contributed by atoms with van der Waals surface area (Å²) in [6, 6.07) is 8.20. The molecule has 140 valence electrons. The minimum absolute atomic E-state index is 0.296. The molecular weight excluding hydrogens is 340 g/mol. The molecule has 3 aromatic rings. The molecule has 0 radical (unpaired) electrons. The van der Waals surface area contributed by atoms with Crippen LogP contribution in [-0.2, 0) is 11.3 Å². The molecule has 0 bridgehead atoms. The summed E-state index contributed by atoms with van der Waals surface area (Å²) >= 11 is 0. The first-order valence-electron chi connectivity index (χ1n) is 9.67. The van der Waals surface area contributed by atoms with E-state index in [-0.39, 0.29) is 0 Å². The van der Waals surface area contributed by atoms with E-state index >= 15 is 0 Å². The summed E-state index contributed by atoms with van der Waals surface area (Å²) in [6.07, 6.45) is 6.40. The minimum Gasteiger partial charge on any atom is -0.376 e. The second kappa shape index (κ2) is 7.25. The summed E-state index contributed by atoms with van der Waals surface area (Å²) < 4.78 is 5.61. The first-order chi connectivity index (χ1) is 13.3. The second-order valence-corrected chi connectivity index (χ2v) is 7.46. The van der Waals surface area contributed by atoms with Crippen molar-refractivity contribution in [3.05, 3.63) is 48.0 Å². The van der Waals surface area contributed by atoms with Gasteiger partial charge in [0.2, 0.25) is 5.95 Å². The monoisotopic (exact) mass is 364 g/mol. The van der Waals surface area contributed by atoms with Crippen LogP contribution in [0, 0.1) is 0 Å². The van der Waals surface area contributed by atoms with E-state index in [2.05, 4.69) is 37.3 Å². The number of anilines is 1. The molecule has 1 aromatic carbocycles. The van der Waals surface area contributed by atoms with Gasteiger partial charge in [-0.25, -0.2) is 15.0 Å². The summed E-state index contributed by atoms with van der Waals surface area (Å²) in [5.41, 5.74) is 3.30. The maximum Gasteiger partial charge on any atom is 0.222 e. The third-order valence-corrected chi connectivity index (χ3v) is 5.37. The van der Waals surface area contributed by atoms with Crippen molar-refractivity contribution in [2.75, 3.05) is 31.6 Å². The number of aromatic amines is 1. The maximum absolute atomic E-state index is 5.61. The Morgan fingerprint density at radius 3 is 2.81 bits per heavy atom. The first kappa shape index (κ1) is 16.6. The van der Waals surface area contributed by atoms with Crippen molar-refractivity contribution >= 4 is 17.0 Å². The van der Waals surface area contributed by atoms with Crippen molar-refractivity contribution in [1.82, 2.24) is 24.8 Å². The Hall–Kier alpha value is -2.51. The Morgan fingerprint density at radius 2 is 2.04 bits per heavy atom. The van der Waals surface area contributed by atoms with Gasteiger partial charge >= 0.3 is 0 Å². The number of nitrogens with zero attached hydrogens (tertiary/aromatic N) is 4. The highest BCUT2D eigenvalue weighted by Gasteiger charge is 2.30. The minimum atomic E-state index is 0.296. The highest BCUT2D eigenvalue weighted by atomic mass is 16.5. The van der Waals surface area contributed by atoms with E-state index in [1.165, 1.54) is 0 Å². The van der Waals surface area contributed by atoms with Crippen molar-refractivity contribution in [2.45, 2.75) is 31.4 Å². The topological polar surface area (TPSA) is 79.0 Å². The lowest BCUT2D eigenvalue weighted by Gasteiger charge is -2.38. The summed E-state index contributed by atoms with van der Waals surface area (Å²) in [5, 5.41) is 3.26. The molecule has 2 saturated heterocycles. The molecule has 4 heterocycles. The molecule has 1 atom stereocenters. The van der Waals surface area contributed by atoms with Gasteiger partial charge in [0.05, 0.1) is 17.1 Å². The van der Waals surface area contributed by atoms with Crippen LogP contribution in [0.1, 0.15) is 30.1 Å². The van der Waals surface area contributed by atoms with Crippen molar-refractivity contribution in [1.29, 1.82) is 0 Å². The van der Waals surface area contributed by atoms with E-state index in [4.69, 9.17) is 9.72 Å². The molecule has 0 aliphatic carbocycles. The predicted molar refractivity (Wildman–Crippen MR) is 104 cm³/mol. The van der Waals surface area contributed by atoms with E-state index in [0.29, 0.717) is 18.0 Å². The fourth-order valence-corrected chi connectivity index (χ4v) is 3.83. The number of hydrogen-bond donors (Lipinski definition) is 2. The van der Waals surface area contributed by atoms with Crippen LogP contribution in [0.5, 0.6) is 0 Å². The summed E-state index contributed by atoms with van der Waals surface area (Å²) in [6.45, 7) is 4.56. The number of nitrogens with one attached hydrogen (secondary N) is 2. The number of rotatable bonds is 6. The Balaban J connectivity index is 1.12. The van der Waals surface area contributed by atoms with Crippen LogP contribution in [0.25, 0.3) is 11.0 Å². The highest BCUT2D eigenvalue weighted by Crippen LogP contribution is 2.27. The van der Waals surface area contributed by atoms with Crippen LogP contribution in [0.15, 0.2) is 36.7 Å². The molecule has 0 saturated carbocycles. The molecule has 2 aromatic heterocycles. The van der Waals surface area contributed by atoms with Gasteiger partial charge in [-0.05, 0) is 25.0 Å². The number of likely N-dealkylation sites (tertiary alicyclic amines) is 1. The molecular formula is C20H24N6O. The standard InChI is InChI=1S/C20H24N6O/c1-2-6-18-17(5-1)24-19(25-18)15-12-26(13-15)11-14-8-21-20(22-9-14)23-10-16-4-3-7-27-16/h1-2,5-6,8-9,15-16H,3-4,7,10-13H2,(H,24,25)(H,21,22,23)/t16-/m1/s1. The molecule has 2 N–H and O–H groups in total. The van der Waals surface area contributed by atoms with Crippen LogP contribution in [0.4, 0.5) is 5.95 Å². The number of aromatic nitrogens is 4. The van der Waals surface area contributed by atoms with Crippen LogP contribution in [0.2, 0.25) is 0 Å². The SMILES string of the molecule is c1ccc2[nH]c(C3CN(Cc4cnc(NC[C@H]5CCCO5)nc4)C3)nc2c1. The van der Waals surface area contributed by atoms with Gasteiger partial charge in [0, 0.05) is 56.7 Å². The molecule has 2 aliphatic heterocycles. The van der Waals surface area contributed by atoms with Gasteiger partial charge in [0.25, 0.3) is 0 Å². The smallest absolute Gasteiger partial charge is 0.222 e. The van der Waals surface area contributed by atoms with Crippen molar-refractivity contribution < 1.29 is 4.74 Å². The van der Waals surface area contributed by atoms with E-state index in [1.54, 1.807) is 0 Å². The molecule has 2 aliphatic rings. The van der Waals surface area contributed by atoms with Crippen LogP contribution in [-0.4, -0.2) is 57.2 Å². The van der Waals surface area contributed by atoms with Crippen molar-refractivity contribution in [3.8, 4) is 0 Å². The predicted octanol–water partition coefficient (Wildman–Crippen LogP) is 2.54. The van der Waals surface area contributed by atoms with Gasteiger partial charge in [-0.15, -0.1) is 0 Å². The molecule has 27 heavy (non-hydrogen) atoms. The average Bonchev–Trinajstić information content (AvgIpc) is 3.32. The maximum atomic E-state index is 5.61. The zero-order valence-electron chi connectivity index (χ0n) is 15.3. The quantitative estimate of drug-likeness (QED) is 0.700. The van der Waals surface area contributed by atoms with Crippen molar-refractivity contribution in [2.24, 2.45) is 0 Å². The summed E-state index contributed by atoms with van der Waals surface area (Å²) in [4.78, 5) is 19.4. The fraction of sp³-hybridized carbons (Fsp3) is 0.450. The number of benzene rings is 1. The highest BCUT2D eigenvalue weighted by molar-refractivity contribution is 5.74. The van der Waals surface area contributed by atoms with Gasteiger partial charge in [0.1, 0.15) is 5.82 Å². The molecule has 0 unspecified atom stereocenters. The number of ether oxygens (including phenoxy) is 1. The van der Waals surface area contributed by atoms with E-state index in [1.807, 2.05) is 24.5 Å². The van der Waals surface area contributed by atoms with Gasteiger partial charge in [-0.2, -0.15) is 0 Å². The summed E-state index contributed by atoms with van der Waals surface area (Å²) in [5.74, 6) is 2.25. The zero-order chi connectivity index (χ0) is 18.1. The molecule has 2 fully saturated rings. The normalized spacial score (nSPS) is 20.8. The summed E-state index contributed by atoms with van der Waals surface area (Å²) in [7, 11) is 0. The molecule has 5 rings (SSSR count). The Labute approximate surface area is 158 Å². The Bertz CT molecular complexity index is 863. The fourth-order valence-electron chi connectivity index (χ4n) is 3.83. The van der Waals surface area contributed by atoms with Crippen LogP contribution < -0.4 is 5.32 Å². The Kier molecular flexibility index (Phi) is 4.47. The number of fused-ring (bicyclic) bond motifs is 1. The lowest BCUT2D eigenvalue weighted by molar-refractivity contribution is 0.120. The average molecular weight is 364 g/mol. The molecule has 7 nitrogen and oxygen atoms in total.